The summed E-state index contributed by atoms with van der Waals surface area (Å²) < 4.78 is 102. The lowest BCUT2D eigenvalue weighted by Gasteiger charge is -2.54. The van der Waals surface area contributed by atoms with Crippen LogP contribution in [0.2, 0.25) is 0 Å². The molecule has 21 heteroatoms. The fraction of sp³-hybridized carbons (Fsp3) is 0.918. The van der Waals surface area contributed by atoms with Crippen molar-refractivity contribution in [3.8, 4) is 0 Å². The molecule has 2 spiro atoms. The molecular formula is C61H88O21. The fourth-order valence-electron chi connectivity index (χ4n) is 18.4. The number of rotatable bonds is 2. The monoisotopic (exact) mass is 1160 g/mol. The number of fused-ring (bicyclic) bond motifs is 13. The van der Waals surface area contributed by atoms with Crippen molar-refractivity contribution in [3.05, 3.63) is 24.3 Å². The zero-order valence-electron chi connectivity index (χ0n) is 47.9. The van der Waals surface area contributed by atoms with Crippen LogP contribution in [0.4, 0.5) is 0 Å². The minimum Gasteiger partial charge on any atom is -0.459 e. The third-order valence-corrected chi connectivity index (χ3v) is 22.5. The van der Waals surface area contributed by atoms with Gasteiger partial charge >= 0.3 is 5.97 Å². The Morgan fingerprint density at radius 1 is 0.512 bits per heavy atom. The predicted molar refractivity (Wildman–Crippen MR) is 281 cm³/mol. The van der Waals surface area contributed by atoms with E-state index in [1.165, 1.54) is 0 Å². The van der Waals surface area contributed by atoms with Crippen LogP contribution in [-0.4, -0.2) is 214 Å². The first-order valence-electron chi connectivity index (χ1n) is 31.5. The molecule has 0 amide bonds. The molecule has 15 fully saturated rings. The van der Waals surface area contributed by atoms with Crippen LogP contribution in [0.1, 0.15) is 143 Å². The van der Waals surface area contributed by atoms with E-state index >= 15 is 0 Å². The van der Waals surface area contributed by atoms with E-state index in [1.54, 1.807) is 0 Å². The maximum atomic E-state index is 14.6. The largest absolute Gasteiger partial charge is 0.459 e. The fourth-order valence-corrected chi connectivity index (χ4v) is 18.4. The molecule has 5 N–H and O–H groups in total. The first-order chi connectivity index (χ1) is 39.2. The van der Waals surface area contributed by atoms with Crippen molar-refractivity contribution in [3.63, 3.8) is 0 Å². The number of hydrogen-bond acceptors (Lipinski definition) is 21. The second-order valence-corrected chi connectivity index (χ2v) is 28.2. The third kappa shape index (κ3) is 9.70. The molecule has 15 saturated heterocycles. The minimum absolute atomic E-state index is 0.0408. The number of esters is 1. The van der Waals surface area contributed by atoms with Gasteiger partial charge in [-0.05, 0) is 73.8 Å². The average Bonchev–Trinajstić information content (AvgIpc) is 4.30. The number of aliphatic hydroxyl groups is 5. The second-order valence-electron chi connectivity index (χ2n) is 28.2. The summed E-state index contributed by atoms with van der Waals surface area (Å²) in [6.07, 6.45) is -4.06. The van der Waals surface area contributed by atoms with Crippen molar-refractivity contribution in [1.82, 2.24) is 0 Å². The molecular weight excluding hydrogens is 1070 g/mol. The molecule has 0 aromatic carbocycles. The Morgan fingerprint density at radius 2 is 1.18 bits per heavy atom. The van der Waals surface area contributed by atoms with Crippen LogP contribution in [0.25, 0.3) is 0 Å². The number of ether oxygens (including phenoxy) is 15. The highest BCUT2D eigenvalue weighted by molar-refractivity contribution is 5.70. The Bertz CT molecular complexity index is 2450. The van der Waals surface area contributed by atoms with Gasteiger partial charge in [-0.3, -0.25) is 4.79 Å². The van der Waals surface area contributed by atoms with Crippen molar-refractivity contribution < 1.29 is 101 Å². The van der Waals surface area contributed by atoms with Crippen molar-refractivity contribution >= 4 is 5.97 Å². The van der Waals surface area contributed by atoms with Gasteiger partial charge in [0.1, 0.15) is 30.5 Å². The highest BCUT2D eigenvalue weighted by Gasteiger charge is 2.69. The van der Waals surface area contributed by atoms with Crippen LogP contribution in [0.15, 0.2) is 24.3 Å². The first kappa shape index (κ1) is 56.7. The van der Waals surface area contributed by atoms with E-state index in [2.05, 4.69) is 40.9 Å². The number of carbonyl (C=O) groups excluding carboxylic acids is 1. The molecule has 15 heterocycles. The molecule has 458 valence electrons. The summed E-state index contributed by atoms with van der Waals surface area (Å²) in [5, 5.41) is 55.8. The van der Waals surface area contributed by atoms with Crippen LogP contribution >= 0.6 is 0 Å². The van der Waals surface area contributed by atoms with Crippen LogP contribution in [0.5, 0.6) is 0 Å². The highest BCUT2D eigenvalue weighted by atomic mass is 16.8. The standard InChI is InChI=1S/C61H88O21/c1-26-13-32-7-9-36-27(2)14-34(68-36)11-12-60(66)57(65)61(67)24-47-55(81-61)56(82-60)54-37(71-47)10-8-33(70-54)15-49(64)76-53-31(6)52-44(73-43(53)16-38(69-32)30(26)5)19-42-46(75-52)22-59(77-42)23-48-51(80-59)29(4)21-58(79-48)20-28(3)50-45(78-58)18-40-41(74-50)17-39(72-40)35(63)25-62/h26,28-29,31-48,50-57,62-63,65-67H,2,5,7-25H2,1,3-4,6H3/t26-,28+,29+,31+,32+,33-,34+,35+,36+,37+,38-,39+,40-,41-,42-,43+,44+,45+,46-,47+,48+,50+,51+,52+,53-,54+,55-,56+,57+,58-,59+,60+,61?/m1/s1. The van der Waals surface area contributed by atoms with Gasteiger partial charge in [0.25, 0.3) is 0 Å². The molecule has 15 rings (SSSR count). The second kappa shape index (κ2) is 20.9. The van der Waals surface area contributed by atoms with E-state index in [0.29, 0.717) is 89.9 Å². The molecule has 15 aliphatic rings. The quantitative estimate of drug-likeness (QED) is 0.196. The van der Waals surface area contributed by atoms with Gasteiger partial charge < -0.3 is 96.6 Å². The molecule has 15 aliphatic heterocycles. The minimum atomic E-state index is -2.20. The molecule has 33 atom stereocenters. The summed E-state index contributed by atoms with van der Waals surface area (Å²) in [5.74, 6) is -6.46. The van der Waals surface area contributed by atoms with Gasteiger partial charge in [0, 0.05) is 70.1 Å². The Labute approximate surface area is 479 Å². The lowest BCUT2D eigenvalue weighted by Crippen LogP contribution is -2.65. The number of carbonyl (C=O) groups is 1. The molecule has 0 radical (unpaired) electrons. The highest BCUT2D eigenvalue weighted by Crippen LogP contribution is 2.57. The topological polar surface area (TPSA) is 257 Å². The maximum Gasteiger partial charge on any atom is 0.308 e. The lowest BCUT2D eigenvalue weighted by molar-refractivity contribution is -0.369. The summed E-state index contributed by atoms with van der Waals surface area (Å²) in [7, 11) is 0. The van der Waals surface area contributed by atoms with Gasteiger partial charge in [0.2, 0.25) is 0 Å². The van der Waals surface area contributed by atoms with Gasteiger partial charge in [-0.25, -0.2) is 0 Å². The SMILES string of the molecule is C=C1C[C@@H]2CC[C@]3(O)O[C@H]4[C@H]5O[C@H](CC[C@@H]5O[C@H]5CC(O)(O[C@@H]45)[C@H]3O)CC(=O)O[C@@H]3[C@@H](C)[C@@H]4O[C@@H]5C[C@]6(C[C@@H]7O[C@]8(C[C@H](C)[C@@H]9O[C@@H]%10C[C@@H]([C@@H](O)CO)O[C@@H]%10C[C@@H]9O8)C[C@H](C)[C@@H]7O6)O[C@@H]5C[C@@H]4O[C@H]3C[C@H]3O[C@@H](CC[C@@H]1O2)C[C@@H](C)C3=C. The van der Waals surface area contributed by atoms with E-state index in [1.807, 2.05) is 0 Å². The summed E-state index contributed by atoms with van der Waals surface area (Å²) in [5.41, 5.74) is 1.94. The number of aliphatic hydroxyl groups excluding tert-OH is 3. The van der Waals surface area contributed by atoms with Crippen molar-refractivity contribution in [2.24, 2.45) is 23.7 Å². The molecule has 0 saturated carbocycles. The summed E-state index contributed by atoms with van der Waals surface area (Å²) >= 11 is 0. The Morgan fingerprint density at radius 3 is 2.01 bits per heavy atom. The predicted octanol–water partition coefficient (Wildman–Crippen LogP) is 3.61. The molecule has 0 aromatic heterocycles. The van der Waals surface area contributed by atoms with E-state index < -0.39 is 102 Å². The first-order valence-corrected chi connectivity index (χ1v) is 31.5. The lowest BCUT2D eigenvalue weighted by atomic mass is 9.78. The van der Waals surface area contributed by atoms with Gasteiger partial charge in [0.15, 0.2) is 29.3 Å². The summed E-state index contributed by atoms with van der Waals surface area (Å²) in [4.78, 5) is 14.6. The van der Waals surface area contributed by atoms with Crippen LogP contribution < -0.4 is 0 Å². The molecule has 1 unspecified atom stereocenters. The van der Waals surface area contributed by atoms with Gasteiger partial charge in [-0.2, -0.15) is 0 Å². The summed E-state index contributed by atoms with van der Waals surface area (Å²) in [6, 6.07) is 0. The zero-order valence-corrected chi connectivity index (χ0v) is 47.9. The smallest absolute Gasteiger partial charge is 0.308 e. The molecule has 82 heavy (non-hydrogen) atoms. The van der Waals surface area contributed by atoms with Gasteiger partial charge in [0.05, 0.1) is 129 Å². The van der Waals surface area contributed by atoms with Crippen LogP contribution in [0, 0.1) is 23.7 Å². The molecule has 0 aliphatic carbocycles. The van der Waals surface area contributed by atoms with Crippen molar-refractivity contribution in [2.45, 2.75) is 319 Å². The van der Waals surface area contributed by atoms with Crippen LogP contribution in [-0.2, 0) is 75.8 Å². The van der Waals surface area contributed by atoms with Crippen LogP contribution in [0.3, 0.4) is 0 Å². The van der Waals surface area contributed by atoms with Crippen molar-refractivity contribution in [2.75, 3.05) is 6.61 Å². The molecule has 10 bridgehead atoms. The third-order valence-electron chi connectivity index (χ3n) is 22.5. The Kier molecular flexibility index (Phi) is 14.4. The van der Waals surface area contributed by atoms with E-state index in [9.17, 15) is 30.3 Å². The maximum absolute atomic E-state index is 14.6. The Hall–Kier alpha value is -1.81. The zero-order chi connectivity index (χ0) is 56.5. The van der Waals surface area contributed by atoms with Gasteiger partial charge in [-0.15, -0.1) is 0 Å². The molecule has 21 nitrogen and oxygen atoms in total. The average molecular weight is 1160 g/mol. The van der Waals surface area contributed by atoms with Gasteiger partial charge in [-0.1, -0.05) is 40.9 Å². The summed E-state index contributed by atoms with van der Waals surface area (Å²) in [6.45, 7) is 17.3. The normalized spacial score (nSPS) is 58.3. The Balaban J connectivity index is 0.658. The molecule has 0 aromatic rings. The van der Waals surface area contributed by atoms with E-state index in [-0.39, 0.29) is 129 Å². The van der Waals surface area contributed by atoms with E-state index in [0.717, 1.165) is 17.6 Å². The van der Waals surface area contributed by atoms with E-state index in [4.69, 9.17) is 71.1 Å². The number of hydrogen-bond donors (Lipinski definition) is 5. The van der Waals surface area contributed by atoms with Crippen molar-refractivity contribution in [1.29, 1.82) is 0 Å².